The van der Waals surface area contributed by atoms with E-state index >= 15 is 0 Å². The maximum atomic E-state index is 13.1. The van der Waals surface area contributed by atoms with E-state index in [1.54, 1.807) is 0 Å². The van der Waals surface area contributed by atoms with Gasteiger partial charge in [0.05, 0.1) is 13.3 Å². The maximum Gasteiger partial charge on any atom is 0.306 e. The Labute approximate surface area is 173 Å². The molecule has 0 unspecified atom stereocenters. The molecule has 1 aromatic heterocycles. The van der Waals surface area contributed by atoms with Gasteiger partial charge in [0, 0.05) is 19.5 Å². The van der Waals surface area contributed by atoms with Crippen molar-refractivity contribution in [2.24, 2.45) is 0 Å². The molecule has 0 bridgehead atoms. The van der Waals surface area contributed by atoms with Gasteiger partial charge in [-0.15, -0.1) is 0 Å². The predicted molar refractivity (Wildman–Crippen MR) is 106 cm³/mol. The molecule has 30 heavy (non-hydrogen) atoms. The van der Waals surface area contributed by atoms with Crippen LogP contribution in [0.2, 0.25) is 0 Å². The van der Waals surface area contributed by atoms with Crippen LogP contribution in [0.3, 0.4) is 0 Å². The largest absolute Gasteiger partial charge is 0.374 e. The number of carbonyl (C=O) groups is 1. The van der Waals surface area contributed by atoms with Crippen LogP contribution in [0, 0.1) is 5.82 Å². The third kappa shape index (κ3) is 5.03. The number of hydrogen-bond donors (Lipinski definition) is 2. The van der Waals surface area contributed by atoms with E-state index in [1.807, 2.05) is 12.4 Å². The van der Waals surface area contributed by atoms with Crippen molar-refractivity contribution in [2.45, 2.75) is 38.4 Å². The van der Waals surface area contributed by atoms with Gasteiger partial charge in [-0.05, 0) is 30.5 Å². The van der Waals surface area contributed by atoms with Crippen LogP contribution < -0.4 is 20.4 Å². The quantitative estimate of drug-likeness (QED) is 0.614. The van der Waals surface area contributed by atoms with Crippen molar-refractivity contribution in [1.82, 2.24) is 14.9 Å². The van der Waals surface area contributed by atoms with Crippen molar-refractivity contribution in [3.8, 4) is 5.75 Å². The number of aromatic nitrogens is 2. The average Bonchev–Trinajstić information content (AvgIpc) is 2.90. The van der Waals surface area contributed by atoms with Gasteiger partial charge in [-0.2, -0.15) is 8.42 Å². The van der Waals surface area contributed by atoms with Gasteiger partial charge in [-0.25, -0.2) is 9.37 Å². The zero-order valence-electron chi connectivity index (χ0n) is 16.7. The molecule has 162 valence electrons. The van der Waals surface area contributed by atoms with Crippen molar-refractivity contribution in [3.63, 3.8) is 0 Å². The summed E-state index contributed by atoms with van der Waals surface area (Å²) in [5.41, 5.74) is -0.458. The molecule has 0 spiro atoms. The summed E-state index contributed by atoms with van der Waals surface area (Å²) in [4.78, 5) is 30.2. The minimum atomic E-state index is -4.07. The number of quaternary nitrogens is 1. The zero-order chi connectivity index (χ0) is 21.9. The summed E-state index contributed by atoms with van der Waals surface area (Å²) in [6, 6.07) is 5.38. The van der Waals surface area contributed by atoms with Crippen LogP contribution in [0.25, 0.3) is 0 Å². The second-order valence-electron chi connectivity index (χ2n) is 7.14. The molecule has 0 radical (unpaired) electrons. The molecule has 11 heteroatoms. The lowest BCUT2D eigenvalue weighted by molar-refractivity contribution is -0.672. The molecule has 1 aliphatic rings. The molecule has 0 fully saturated rings. The summed E-state index contributed by atoms with van der Waals surface area (Å²) in [7, 11) is -2.22. The number of benzene rings is 1. The normalized spacial score (nSPS) is 16.4. The number of carbonyl (C=O) groups excluding carboxylic acids is 1. The molecule has 0 saturated carbocycles. The number of amides is 1. The van der Waals surface area contributed by atoms with Crippen molar-refractivity contribution in [1.29, 1.82) is 0 Å². The number of nitrogens with two attached hydrogens (primary N) is 1. The van der Waals surface area contributed by atoms with Crippen LogP contribution in [0.4, 0.5) is 4.39 Å². The lowest BCUT2D eigenvalue weighted by atomic mass is 10.1. The Morgan fingerprint density at radius 2 is 2.03 bits per heavy atom. The molecule has 0 saturated heterocycles. The summed E-state index contributed by atoms with van der Waals surface area (Å²) in [6.45, 7) is 0.407. The van der Waals surface area contributed by atoms with Crippen LogP contribution in [0.1, 0.15) is 47.2 Å². The summed E-state index contributed by atoms with van der Waals surface area (Å²) in [6.07, 6.45) is 3.16. The van der Waals surface area contributed by atoms with E-state index in [-0.39, 0.29) is 18.3 Å². The van der Waals surface area contributed by atoms with Crippen LogP contribution in [0.5, 0.6) is 5.75 Å². The zero-order valence-corrected chi connectivity index (χ0v) is 17.5. The number of nitrogens with zero attached hydrogens (tertiary/aromatic N) is 2. The van der Waals surface area contributed by atoms with Gasteiger partial charge >= 0.3 is 10.1 Å². The average molecular weight is 439 g/mol. The summed E-state index contributed by atoms with van der Waals surface area (Å²) >= 11 is 0. The van der Waals surface area contributed by atoms with E-state index in [0.717, 1.165) is 25.5 Å². The first-order valence-corrected chi connectivity index (χ1v) is 11.4. The van der Waals surface area contributed by atoms with Gasteiger partial charge in [-0.3, -0.25) is 14.2 Å². The molecular weight excluding hydrogens is 415 g/mol. The van der Waals surface area contributed by atoms with Gasteiger partial charge < -0.3 is 14.8 Å². The Kier molecular flexibility index (Phi) is 6.52. The Morgan fingerprint density at radius 3 is 2.67 bits per heavy atom. The highest BCUT2D eigenvalue weighted by Gasteiger charge is 2.30. The third-order valence-corrected chi connectivity index (χ3v) is 5.32. The van der Waals surface area contributed by atoms with Gasteiger partial charge in [0.25, 0.3) is 11.5 Å². The lowest BCUT2D eigenvalue weighted by Gasteiger charge is -2.17. The van der Waals surface area contributed by atoms with Gasteiger partial charge in [0.1, 0.15) is 11.9 Å². The Bertz CT molecular complexity index is 1100. The summed E-state index contributed by atoms with van der Waals surface area (Å²) in [5.74, 6) is -1.36. The predicted octanol–water partition coefficient (Wildman–Crippen LogP) is 0.0690. The van der Waals surface area contributed by atoms with E-state index in [0.29, 0.717) is 17.9 Å². The van der Waals surface area contributed by atoms with Crippen LogP contribution in [-0.2, 0) is 23.2 Å². The third-order valence-electron chi connectivity index (χ3n) is 4.85. The number of halogens is 1. The highest BCUT2D eigenvalue weighted by Crippen LogP contribution is 2.22. The monoisotopic (exact) mass is 439 g/mol. The van der Waals surface area contributed by atoms with Crippen molar-refractivity contribution >= 4 is 16.0 Å². The Balaban J connectivity index is 2.02. The molecular formula is C19H24FN4O5S+. The van der Waals surface area contributed by atoms with Gasteiger partial charge in [0.2, 0.25) is 5.75 Å². The van der Waals surface area contributed by atoms with E-state index in [1.165, 1.54) is 28.8 Å². The van der Waals surface area contributed by atoms with E-state index < -0.39 is 33.2 Å². The lowest BCUT2D eigenvalue weighted by Crippen LogP contribution is -2.81. The topological polar surface area (TPSA) is 124 Å². The molecule has 2 heterocycles. The van der Waals surface area contributed by atoms with Crippen LogP contribution in [0.15, 0.2) is 29.1 Å². The van der Waals surface area contributed by atoms with E-state index in [2.05, 4.69) is 10.3 Å². The van der Waals surface area contributed by atoms with Gasteiger partial charge in [-0.1, -0.05) is 12.1 Å². The first-order chi connectivity index (χ1) is 14.2. The van der Waals surface area contributed by atoms with E-state index in [9.17, 15) is 22.4 Å². The highest BCUT2D eigenvalue weighted by atomic mass is 32.2. The Hall–Kier alpha value is -2.79. The fourth-order valence-corrected chi connectivity index (χ4v) is 3.83. The van der Waals surface area contributed by atoms with Crippen molar-refractivity contribution < 1.29 is 27.1 Å². The molecule has 9 nitrogen and oxygen atoms in total. The summed E-state index contributed by atoms with van der Waals surface area (Å²) in [5, 5.41) is 4.49. The second kappa shape index (κ2) is 8.92. The maximum absolute atomic E-state index is 13.1. The molecule has 2 aromatic rings. The molecule has 0 aliphatic carbocycles. The number of fused-ring (bicyclic) bond motifs is 1. The summed E-state index contributed by atoms with van der Waals surface area (Å²) < 4.78 is 42.8. The smallest absolute Gasteiger partial charge is 0.306 e. The second-order valence-corrected chi connectivity index (χ2v) is 8.71. The molecule has 3 N–H and O–H groups in total. The molecule has 1 aromatic carbocycles. The van der Waals surface area contributed by atoms with E-state index in [4.69, 9.17) is 4.18 Å². The minimum Gasteiger partial charge on any atom is -0.374 e. The molecule has 1 amide bonds. The van der Waals surface area contributed by atoms with Gasteiger partial charge in [0.15, 0.2) is 11.5 Å². The first-order valence-electron chi connectivity index (χ1n) is 9.56. The molecule has 1 atom stereocenters. The molecule has 3 rings (SSSR count). The van der Waals surface area contributed by atoms with Crippen LogP contribution >= 0.6 is 0 Å². The highest BCUT2D eigenvalue weighted by molar-refractivity contribution is 7.86. The van der Waals surface area contributed by atoms with Crippen LogP contribution in [-0.4, -0.2) is 37.2 Å². The van der Waals surface area contributed by atoms with Crippen molar-refractivity contribution in [2.75, 3.05) is 13.3 Å². The number of nitrogens with one attached hydrogen (secondary N) is 1. The first kappa shape index (κ1) is 21.9. The standard InChI is InChI=1S/C19H23FN4O5S/c1-21-14-5-3-4-10-24-17(14)23-15(16(19(24)26)29-30(2,27)28)18(25)22-11-12-6-8-13(20)9-7-12/h6-9,14,21H,3-5,10-11H2,1-2H3,(H,22,25)/p+1/t14-/m0/s1. The minimum absolute atomic E-state index is 0.0425. The Morgan fingerprint density at radius 1 is 1.33 bits per heavy atom. The SMILES string of the molecule is C[NH2+][C@H]1CCCCn2c1nc(C(=O)NCc1ccc(F)cc1)c(OS(C)(=O)=O)c2=O. The number of rotatable bonds is 6. The fraction of sp³-hybridized carbons (Fsp3) is 0.421. The fourth-order valence-electron chi connectivity index (χ4n) is 3.38. The van der Waals surface area contributed by atoms with Crippen molar-refractivity contribution in [3.05, 3.63) is 57.5 Å². The molecule has 1 aliphatic heterocycles. The number of hydrogen-bond acceptors (Lipinski definition) is 6.